The highest BCUT2D eigenvalue weighted by Gasteiger charge is 2.30. The Balaban J connectivity index is 1.64. The quantitative estimate of drug-likeness (QED) is 0.0319. The van der Waals surface area contributed by atoms with E-state index in [9.17, 15) is 43.8 Å². The lowest BCUT2D eigenvalue weighted by Gasteiger charge is -2.23. The number of nitrogens with zero attached hydrogens (tertiary/aromatic N) is 1. The van der Waals surface area contributed by atoms with Gasteiger partial charge in [0, 0.05) is 35.6 Å². The molecule has 19 nitrogen and oxygen atoms in total. The van der Waals surface area contributed by atoms with E-state index in [1.807, 2.05) is 12.1 Å². The Bertz CT molecular complexity index is 1780. The first-order valence-corrected chi connectivity index (χ1v) is 16.0. The van der Waals surface area contributed by atoms with E-state index in [0.717, 1.165) is 10.9 Å². The molecule has 14 N–H and O–H groups in total. The van der Waals surface area contributed by atoms with Crippen LogP contribution in [0.15, 0.2) is 65.8 Å². The van der Waals surface area contributed by atoms with Gasteiger partial charge in [0.15, 0.2) is 5.96 Å². The average molecular weight is 723 g/mol. The number of carboxylic acid groups (broad SMARTS) is 1. The zero-order valence-electron chi connectivity index (χ0n) is 28.0. The van der Waals surface area contributed by atoms with Gasteiger partial charge in [0.05, 0.1) is 19.6 Å². The molecule has 2 aromatic carbocycles. The van der Waals surface area contributed by atoms with Crippen LogP contribution < -0.4 is 43.8 Å². The third kappa shape index (κ3) is 12.4. The number of hydrogen-bond donors (Lipinski definition) is 11. The van der Waals surface area contributed by atoms with Crippen LogP contribution in [0.1, 0.15) is 35.2 Å². The second-order valence-corrected chi connectivity index (χ2v) is 11.5. The fourth-order valence-electron chi connectivity index (χ4n) is 5.01. The summed E-state index contributed by atoms with van der Waals surface area (Å²) in [6.07, 6.45) is 0.884. The molecular formula is C33H42N10O9. The summed E-state index contributed by atoms with van der Waals surface area (Å²) in [5, 5.41) is 31.7. The monoisotopic (exact) mass is 722 g/mol. The van der Waals surface area contributed by atoms with Crippen LogP contribution in [0.4, 0.5) is 0 Å². The molecule has 0 aliphatic heterocycles. The Hall–Kier alpha value is -6.50. The van der Waals surface area contributed by atoms with Gasteiger partial charge in [0.25, 0.3) is 5.91 Å². The molecule has 0 unspecified atom stereocenters. The molecule has 278 valence electrons. The molecule has 6 amide bonds. The van der Waals surface area contributed by atoms with Crippen molar-refractivity contribution in [3.63, 3.8) is 0 Å². The van der Waals surface area contributed by atoms with Gasteiger partial charge in [-0.15, -0.1) is 0 Å². The maximum absolute atomic E-state index is 13.2. The molecule has 19 heteroatoms. The van der Waals surface area contributed by atoms with Gasteiger partial charge in [-0.1, -0.05) is 36.4 Å². The number of H-pyrrole nitrogens is 1. The molecule has 52 heavy (non-hydrogen) atoms. The Labute approximate surface area is 297 Å². The topological polar surface area (TPSA) is 326 Å². The van der Waals surface area contributed by atoms with Crippen molar-refractivity contribution in [1.82, 2.24) is 31.6 Å². The summed E-state index contributed by atoms with van der Waals surface area (Å²) < 4.78 is 0. The summed E-state index contributed by atoms with van der Waals surface area (Å²) in [6.45, 7) is -1.49. The molecule has 1 aromatic heterocycles. The Kier molecular flexibility index (Phi) is 15.1. The Morgan fingerprint density at radius 1 is 0.769 bits per heavy atom. The number of aliphatic hydroxyl groups excluding tert-OH is 1. The summed E-state index contributed by atoms with van der Waals surface area (Å²) >= 11 is 0. The van der Waals surface area contributed by atoms with Gasteiger partial charge in [-0.2, -0.15) is 0 Å². The molecule has 0 saturated heterocycles. The van der Waals surface area contributed by atoms with Crippen LogP contribution in [0.5, 0.6) is 0 Å². The van der Waals surface area contributed by atoms with E-state index in [0.29, 0.717) is 5.56 Å². The smallest absolute Gasteiger partial charge is 0.305 e. The van der Waals surface area contributed by atoms with E-state index in [-0.39, 0.29) is 37.3 Å². The predicted molar refractivity (Wildman–Crippen MR) is 187 cm³/mol. The van der Waals surface area contributed by atoms with Gasteiger partial charge in [-0.05, 0) is 36.6 Å². The Morgan fingerprint density at radius 2 is 1.42 bits per heavy atom. The van der Waals surface area contributed by atoms with E-state index >= 15 is 0 Å². The first-order valence-electron chi connectivity index (χ1n) is 16.0. The van der Waals surface area contributed by atoms with Crippen LogP contribution in [0.2, 0.25) is 0 Å². The highest BCUT2D eigenvalue weighted by Crippen LogP contribution is 2.19. The largest absolute Gasteiger partial charge is 0.481 e. The third-order valence-electron chi connectivity index (χ3n) is 7.63. The number of para-hydroxylation sites is 1. The molecule has 0 radical (unpaired) electrons. The molecule has 3 rings (SSSR count). The number of primary amides is 1. The van der Waals surface area contributed by atoms with Crippen molar-refractivity contribution < 1.29 is 43.8 Å². The number of fused-ring (bicyclic) bond motifs is 1. The number of carbonyl (C=O) groups excluding carboxylic acids is 6. The van der Waals surface area contributed by atoms with Crippen molar-refractivity contribution in [3.05, 3.63) is 71.9 Å². The number of rotatable bonds is 20. The minimum atomic E-state index is -1.67. The second-order valence-electron chi connectivity index (χ2n) is 11.5. The number of aliphatic imine (C=N–C) groups is 1. The highest BCUT2D eigenvalue weighted by atomic mass is 16.4. The van der Waals surface area contributed by atoms with Crippen molar-refractivity contribution in [2.24, 2.45) is 22.2 Å². The minimum Gasteiger partial charge on any atom is -0.481 e. The van der Waals surface area contributed by atoms with E-state index in [1.54, 1.807) is 36.5 Å². The van der Waals surface area contributed by atoms with E-state index in [2.05, 4.69) is 36.6 Å². The maximum atomic E-state index is 13.2. The van der Waals surface area contributed by atoms with Crippen LogP contribution in [-0.4, -0.2) is 106 Å². The van der Waals surface area contributed by atoms with Crippen molar-refractivity contribution in [3.8, 4) is 0 Å². The van der Waals surface area contributed by atoms with Crippen LogP contribution in [0.25, 0.3) is 10.9 Å². The van der Waals surface area contributed by atoms with Crippen molar-refractivity contribution in [2.45, 2.75) is 49.9 Å². The average Bonchev–Trinajstić information content (AvgIpc) is 3.52. The standard InChI is InChI=1S/C33H42N10O9/c34-28(48)23(13-19-15-38-21-10-5-4-9-20(19)21)42-31(51)24(14-27(46)47)40-26(45)16-39-30(50)22(11-6-12-37-33(35)36)41-32(52)25(17-44)43-29(49)18-7-2-1-3-8-18/h1-5,7-10,15,22-25,38,44H,6,11-14,16-17H2,(H2,34,48)(H,39,50)(H,40,45)(H,41,52)(H,42,51)(H,43,49)(H,46,47)(H4,35,36,37)/t22-,23-,24-,25-/m0/s1. The number of aliphatic carboxylic acids is 1. The fourth-order valence-corrected chi connectivity index (χ4v) is 5.01. The number of guanidine groups is 1. The molecule has 0 aliphatic carbocycles. The molecule has 0 aliphatic rings. The summed E-state index contributed by atoms with van der Waals surface area (Å²) in [5.41, 5.74) is 17.9. The summed E-state index contributed by atoms with van der Waals surface area (Å²) in [5.74, 6) is -6.97. The minimum absolute atomic E-state index is 0.0295. The highest BCUT2D eigenvalue weighted by molar-refractivity contribution is 5.99. The number of carbonyl (C=O) groups is 7. The lowest BCUT2D eigenvalue weighted by molar-refractivity contribution is -0.141. The number of aliphatic hydroxyl groups is 1. The zero-order valence-corrected chi connectivity index (χ0v) is 28.0. The molecule has 0 fully saturated rings. The van der Waals surface area contributed by atoms with E-state index < -0.39 is 85.2 Å². The zero-order chi connectivity index (χ0) is 38.2. The first-order chi connectivity index (χ1) is 24.8. The third-order valence-corrected chi connectivity index (χ3v) is 7.63. The predicted octanol–water partition coefficient (Wildman–Crippen LogP) is -2.91. The molecule has 0 saturated carbocycles. The number of aromatic nitrogens is 1. The number of benzene rings is 2. The summed E-state index contributed by atoms with van der Waals surface area (Å²) in [4.78, 5) is 95.4. The van der Waals surface area contributed by atoms with Gasteiger partial charge in [-0.25, -0.2) is 0 Å². The molecule has 0 bridgehead atoms. The second kappa shape index (κ2) is 19.6. The van der Waals surface area contributed by atoms with Gasteiger partial charge in [-0.3, -0.25) is 38.6 Å². The first kappa shape index (κ1) is 39.9. The maximum Gasteiger partial charge on any atom is 0.305 e. The van der Waals surface area contributed by atoms with Crippen LogP contribution in [0, 0.1) is 0 Å². The number of aromatic amines is 1. The molecule has 4 atom stereocenters. The molecule has 1 heterocycles. The van der Waals surface area contributed by atoms with Gasteiger partial charge in [0.2, 0.25) is 29.5 Å². The normalized spacial score (nSPS) is 13.0. The summed E-state index contributed by atoms with van der Waals surface area (Å²) in [6, 6.07) is 9.43. The number of nitrogens with one attached hydrogen (secondary N) is 6. The van der Waals surface area contributed by atoms with Gasteiger partial charge in [0.1, 0.15) is 24.2 Å². The SMILES string of the molecule is NC(=O)[C@H](Cc1c[nH]c2ccccc12)NC(=O)[C@H](CC(=O)O)NC(=O)CNC(=O)[C@H](CCCN=C(N)N)NC(=O)[C@H](CO)NC(=O)c1ccccc1. The van der Waals surface area contributed by atoms with E-state index in [1.165, 1.54) is 12.1 Å². The van der Waals surface area contributed by atoms with Crippen LogP contribution >= 0.6 is 0 Å². The van der Waals surface area contributed by atoms with Gasteiger partial charge >= 0.3 is 5.97 Å². The van der Waals surface area contributed by atoms with Gasteiger partial charge < -0.3 is 59.0 Å². The molecular weight excluding hydrogens is 680 g/mol. The number of carboxylic acids is 1. The van der Waals surface area contributed by atoms with Crippen LogP contribution in [-0.2, 0) is 35.2 Å². The fraction of sp³-hybridized carbons (Fsp3) is 0.333. The number of nitrogens with two attached hydrogens (primary N) is 3. The Morgan fingerprint density at radius 3 is 2.08 bits per heavy atom. The number of hydrogen-bond acceptors (Lipinski definition) is 9. The molecule has 3 aromatic rings. The van der Waals surface area contributed by atoms with Crippen molar-refractivity contribution >= 4 is 58.3 Å². The van der Waals surface area contributed by atoms with Crippen molar-refractivity contribution in [1.29, 1.82) is 0 Å². The molecule has 0 spiro atoms. The number of amides is 6. The van der Waals surface area contributed by atoms with E-state index in [4.69, 9.17) is 17.2 Å². The van der Waals surface area contributed by atoms with Crippen molar-refractivity contribution in [2.75, 3.05) is 19.7 Å². The summed E-state index contributed by atoms with van der Waals surface area (Å²) in [7, 11) is 0. The lowest BCUT2D eigenvalue weighted by Crippen LogP contribution is -2.57. The lowest BCUT2D eigenvalue weighted by atomic mass is 10.0. The van der Waals surface area contributed by atoms with Crippen LogP contribution in [0.3, 0.4) is 0 Å².